The number of methoxy groups -OCH3 is 2. The zero-order valence-electron chi connectivity index (χ0n) is 18.2. The van der Waals surface area contributed by atoms with Crippen molar-refractivity contribution in [2.24, 2.45) is 0 Å². The van der Waals surface area contributed by atoms with Gasteiger partial charge in [0, 0.05) is 24.1 Å². The molecule has 176 valence electrons. The van der Waals surface area contributed by atoms with Gasteiger partial charge in [-0.1, -0.05) is 24.3 Å². The summed E-state index contributed by atoms with van der Waals surface area (Å²) in [4.78, 5) is 14.5. The van der Waals surface area contributed by atoms with Gasteiger partial charge >= 0.3 is 12.1 Å². The molecule has 0 spiro atoms. The Morgan fingerprint density at radius 2 is 1.85 bits per heavy atom. The lowest BCUT2D eigenvalue weighted by atomic mass is 9.94. The number of ether oxygens (including phenoxy) is 3. The first-order chi connectivity index (χ1) is 15.7. The number of rotatable bonds is 7. The van der Waals surface area contributed by atoms with E-state index in [9.17, 15) is 18.0 Å². The summed E-state index contributed by atoms with van der Waals surface area (Å²) >= 11 is 5.51. The van der Waals surface area contributed by atoms with Gasteiger partial charge in [-0.2, -0.15) is 13.2 Å². The average molecular weight is 481 g/mol. The number of hydrogen-bond acceptors (Lipinski definition) is 5. The topological polar surface area (TPSA) is 60.0 Å². The highest BCUT2D eigenvalue weighted by atomic mass is 32.1. The highest BCUT2D eigenvalue weighted by Crippen LogP contribution is 2.39. The summed E-state index contributed by atoms with van der Waals surface area (Å²) in [5.41, 5.74) is 0.509. The molecule has 0 saturated carbocycles. The number of carbonyl (C=O) groups is 1. The second kappa shape index (κ2) is 10.2. The van der Waals surface area contributed by atoms with Crippen molar-refractivity contribution < 1.29 is 32.2 Å². The third-order valence-corrected chi connectivity index (χ3v) is 5.41. The Balaban J connectivity index is 2.13. The fourth-order valence-corrected chi connectivity index (χ4v) is 3.93. The molecule has 33 heavy (non-hydrogen) atoms. The number of benzene rings is 2. The molecule has 1 aliphatic heterocycles. The number of para-hydroxylation sites is 1. The number of hydrogen-bond donors (Lipinski definition) is 1. The molecule has 1 atom stereocenters. The van der Waals surface area contributed by atoms with Crippen molar-refractivity contribution in [3.8, 4) is 5.75 Å². The van der Waals surface area contributed by atoms with E-state index < -0.39 is 23.8 Å². The van der Waals surface area contributed by atoms with Crippen LogP contribution in [0.3, 0.4) is 0 Å². The number of nitrogens with zero attached hydrogens (tertiary/aromatic N) is 1. The number of carbonyl (C=O) groups excluding carboxylic acids is 1. The van der Waals surface area contributed by atoms with Crippen molar-refractivity contribution >= 4 is 29.0 Å². The van der Waals surface area contributed by atoms with Gasteiger partial charge < -0.3 is 19.5 Å². The number of alkyl halides is 3. The van der Waals surface area contributed by atoms with Crippen LogP contribution in [0.5, 0.6) is 5.75 Å². The zero-order valence-corrected chi connectivity index (χ0v) is 19.0. The van der Waals surface area contributed by atoms with E-state index in [0.717, 1.165) is 12.1 Å². The first-order valence-corrected chi connectivity index (χ1v) is 10.4. The van der Waals surface area contributed by atoms with E-state index in [1.165, 1.54) is 31.3 Å². The average Bonchev–Trinajstić information content (AvgIpc) is 2.78. The zero-order chi connectivity index (χ0) is 24.2. The molecule has 6 nitrogen and oxygen atoms in total. The number of nitrogens with one attached hydrogen (secondary N) is 1. The summed E-state index contributed by atoms with van der Waals surface area (Å²) in [5.74, 6) is -0.132. The van der Waals surface area contributed by atoms with E-state index in [4.69, 9.17) is 26.4 Å². The first-order valence-electron chi connectivity index (χ1n) is 9.96. The number of allylic oxidation sites excluding steroid dienone is 1. The second-order valence-electron chi connectivity index (χ2n) is 7.14. The van der Waals surface area contributed by atoms with Crippen LogP contribution >= 0.6 is 12.2 Å². The number of anilines is 1. The Morgan fingerprint density at radius 1 is 1.12 bits per heavy atom. The Labute approximate surface area is 194 Å². The van der Waals surface area contributed by atoms with Crippen LogP contribution in [0.4, 0.5) is 18.9 Å². The lowest BCUT2D eigenvalue weighted by Gasteiger charge is -2.38. The molecule has 0 aromatic heterocycles. The second-order valence-corrected chi connectivity index (χ2v) is 7.52. The summed E-state index contributed by atoms with van der Waals surface area (Å²) in [7, 11) is 2.98. The van der Waals surface area contributed by atoms with Crippen LogP contribution in [0.25, 0.3) is 0 Å². The molecule has 10 heteroatoms. The van der Waals surface area contributed by atoms with Crippen LogP contribution in [0.15, 0.2) is 59.8 Å². The Hall–Kier alpha value is -3.11. The monoisotopic (exact) mass is 480 g/mol. The van der Waals surface area contributed by atoms with Crippen LogP contribution < -0.4 is 15.0 Å². The predicted molar refractivity (Wildman–Crippen MR) is 121 cm³/mol. The highest BCUT2D eigenvalue weighted by molar-refractivity contribution is 7.80. The molecule has 0 bridgehead atoms. The van der Waals surface area contributed by atoms with Gasteiger partial charge in [-0.3, -0.25) is 4.90 Å². The molecule has 3 rings (SSSR count). The van der Waals surface area contributed by atoms with Gasteiger partial charge in [-0.15, -0.1) is 0 Å². The van der Waals surface area contributed by atoms with Crippen molar-refractivity contribution in [2.45, 2.75) is 19.1 Å². The van der Waals surface area contributed by atoms with E-state index >= 15 is 0 Å². The molecule has 0 saturated heterocycles. The lowest BCUT2D eigenvalue weighted by molar-refractivity contribution is -0.141. The maximum atomic E-state index is 13.3. The molecule has 1 N–H and O–H groups in total. The Bertz CT molecular complexity index is 1070. The summed E-state index contributed by atoms with van der Waals surface area (Å²) in [5, 5.41) is 3.21. The molecular weight excluding hydrogens is 457 g/mol. The molecule has 1 heterocycles. The van der Waals surface area contributed by atoms with Crippen molar-refractivity contribution in [1.29, 1.82) is 0 Å². The van der Waals surface area contributed by atoms with Gasteiger partial charge in [0.15, 0.2) is 5.11 Å². The fourth-order valence-electron chi connectivity index (χ4n) is 3.57. The lowest BCUT2D eigenvalue weighted by Crippen LogP contribution is -2.48. The minimum atomic E-state index is -4.53. The van der Waals surface area contributed by atoms with Gasteiger partial charge in [0.25, 0.3) is 0 Å². The van der Waals surface area contributed by atoms with Gasteiger partial charge in [0.2, 0.25) is 0 Å². The molecule has 0 aliphatic carbocycles. The third-order valence-electron chi connectivity index (χ3n) is 5.11. The normalized spacial score (nSPS) is 16.5. The molecule has 0 fully saturated rings. The van der Waals surface area contributed by atoms with Crippen LogP contribution in [-0.2, 0) is 20.4 Å². The van der Waals surface area contributed by atoms with Crippen molar-refractivity contribution in [3.63, 3.8) is 0 Å². The molecular formula is C23H23F3N2O4S. The van der Waals surface area contributed by atoms with E-state index in [1.54, 1.807) is 31.2 Å². The fraction of sp³-hybridized carbons (Fsp3) is 0.304. The highest BCUT2D eigenvalue weighted by Gasteiger charge is 2.38. The van der Waals surface area contributed by atoms with Crippen LogP contribution in [0.2, 0.25) is 0 Å². The minimum absolute atomic E-state index is 0.0127. The van der Waals surface area contributed by atoms with Gasteiger partial charge in [-0.05, 0) is 43.4 Å². The molecule has 0 radical (unpaired) electrons. The Morgan fingerprint density at radius 3 is 2.52 bits per heavy atom. The van der Waals surface area contributed by atoms with E-state index in [0.29, 0.717) is 17.0 Å². The third kappa shape index (κ3) is 5.28. The van der Waals surface area contributed by atoms with Crippen molar-refractivity contribution in [2.75, 3.05) is 32.3 Å². The SMILES string of the molecule is COCCOC(=O)C1=C(C)N(c2cccc(C(F)(F)F)c2)C(=S)NC1c1ccccc1OC. The van der Waals surface area contributed by atoms with Crippen LogP contribution in [-0.4, -0.2) is 38.5 Å². The standard InChI is InChI=1S/C23H23F3N2O4S/c1-14-19(21(29)32-12-11-30-2)20(17-9-4-5-10-18(17)31-3)27-22(33)28(14)16-8-6-7-15(13-16)23(24,25)26/h4-10,13,20H,11-12H2,1-3H3,(H,27,33). The molecule has 1 aliphatic rings. The van der Waals surface area contributed by atoms with E-state index in [-0.39, 0.29) is 29.6 Å². The number of halogens is 3. The number of thiocarbonyl (C=S) groups is 1. The molecule has 0 amide bonds. The van der Waals surface area contributed by atoms with Crippen molar-refractivity contribution in [1.82, 2.24) is 5.32 Å². The smallest absolute Gasteiger partial charge is 0.416 e. The summed E-state index contributed by atoms with van der Waals surface area (Å²) in [6, 6.07) is 11.1. The summed E-state index contributed by atoms with van der Waals surface area (Å²) in [6.07, 6.45) is -4.53. The predicted octanol–water partition coefficient (Wildman–Crippen LogP) is 4.61. The number of esters is 1. The Kier molecular flexibility index (Phi) is 7.60. The quantitative estimate of drug-likeness (QED) is 0.353. The van der Waals surface area contributed by atoms with Crippen molar-refractivity contribution in [3.05, 3.63) is 70.9 Å². The largest absolute Gasteiger partial charge is 0.496 e. The molecule has 1 unspecified atom stereocenters. The summed E-state index contributed by atoms with van der Waals surface area (Å²) in [6.45, 7) is 1.82. The maximum Gasteiger partial charge on any atom is 0.416 e. The van der Waals surface area contributed by atoms with E-state index in [1.807, 2.05) is 0 Å². The maximum absolute atomic E-state index is 13.3. The van der Waals surface area contributed by atoms with Gasteiger partial charge in [-0.25, -0.2) is 4.79 Å². The first kappa shape index (κ1) is 24.5. The molecule has 2 aromatic carbocycles. The minimum Gasteiger partial charge on any atom is -0.496 e. The van der Waals surface area contributed by atoms with Gasteiger partial charge in [0.1, 0.15) is 12.4 Å². The van der Waals surface area contributed by atoms with Gasteiger partial charge in [0.05, 0.1) is 30.9 Å². The van der Waals surface area contributed by atoms with Crippen LogP contribution in [0, 0.1) is 0 Å². The van der Waals surface area contributed by atoms with Crippen LogP contribution in [0.1, 0.15) is 24.1 Å². The summed E-state index contributed by atoms with van der Waals surface area (Å²) < 4.78 is 55.6. The molecule has 2 aromatic rings. The van der Waals surface area contributed by atoms with E-state index in [2.05, 4.69) is 5.32 Å².